The first-order valence-corrected chi connectivity index (χ1v) is 14.1. The van der Waals surface area contributed by atoms with Crippen molar-refractivity contribution in [2.24, 2.45) is 0 Å². The summed E-state index contributed by atoms with van der Waals surface area (Å²) >= 11 is 1.47. The zero-order chi connectivity index (χ0) is 30.2. The summed E-state index contributed by atoms with van der Waals surface area (Å²) in [5.41, 5.74) is -0.625. The molecule has 3 aromatic rings. The number of benzene rings is 1. The molecule has 0 saturated heterocycles. The number of nitrogens with one attached hydrogen (secondary N) is 3. The van der Waals surface area contributed by atoms with Gasteiger partial charge in [-0.2, -0.15) is 11.3 Å². The van der Waals surface area contributed by atoms with E-state index in [9.17, 15) is 19.2 Å². The van der Waals surface area contributed by atoms with Crippen LogP contribution in [-0.4, -0.2) is 63.0 Å². The minimum Gasteiger partial charge on any atom is -0.465 e. The lowest BCUT2D eigenvalue weighted by Gasteiger charge is -2.37. The van der Waals surface area contributed by atoms with Crippen LogP contribution < -0.4 is 10.6 Å². The number of carbonyl (C=O) groups is 4. The predicted octanol–water partition coefficient (Wildman–Crippen LogP) is 3.80. The van der Waals surface area contributed by atoms with Crippen molar-refractivity contribution in [3.05, 3.63) is 70.3 Å². The summed E-state index contributed by atoms with van der Waals surface area (Å²) in [5, 5.41) is 10.2. The van der Waals surface area contributed by atoms with E-state index in [1.54, 1.807) is 39.8 Å². The predicted molar refractivity (Wildman–Crippen MR) is 155 cm³/mol. The lowest BCUT2D eigenvalue weighted by molar-refractivity contribution is -0.247. The van der Waals surface area contributed by atoms with E-state index >= 15 is 0 Å². The summed E-state index contributed by atoms with van der Waals surface area (Å²) in [6, 6.07) is 9.91. The van der Waals surface area contributed by atoms with Crippen LogP contribution in [0.3, 0.4) is 0 Å². The Morgan fingerprint density at radius 2 is 1.83 bits per heavy atom. The van der Waals surface area contributed by atoms with E-state index in [1.165, 1.54) is 31.4 Å². The SMILES string of the molecule is CCOC(=O)C(c1ccccc1)c1ncc(NC(=O)[C@@H](Cc2ccsc2)NC(=O)C(C)(C)N(C=O)OC(C)(C)C)[nH]1. The third-order valence-electron chi connectivity index (χ3n) is 6.00. The molecule has 2 atom stereocenters. The molecule has 11 nitrogen and oxygen atoms in total. The van der Waals surface area contributed by atoms with Crippen molar-refractivity contribution in [1.29, 1.82) is 0 Å². The van der Waals surface area contributed by atoms with E-state index in [4.69, 9.17) is 9.57 Å². The number of imidazole rings is 1. The Morgan fingerprint density at radius 1 is 1.12 bits per heavy atom. The molecule has 0 saturated carbocycles. The molecule has 1 aromatic carbocycles. The van der Waals surface area contributed by atoms with Gasteiger partial charge < -0.3 is 20.4 Å². The minimum absolute atomic E-state index is 0.203. The Bertz CT molecular complexity index is 1320. The molecule has 1 unspecified atom stereocenters. The number of nitrogens with zero attached hydrogens (tertiary/aromatic N) is 2. The average Bonchev–Trinajstić information content (AvgIpc) is 3.59. The minimum atomic E-state index is -1.42. The van der Waals surface area contributed by atoms with Crippen LogP contribution in [0.4, 0.5) is 5.82 Å². The zero-order valence-corrected chi connectivity index (χ0v) is 24.9. The number of thiophene rings is 1. The monoisotopic (exact) mass is 583 g/mol. The molecular weight excluding hydrogens is 546 g/mol. The molecule has 0 aliphatic heterocycles. The average molecular weight is 584 g/mol. The number of amides is 3. The van der Waals surface area contributed by atoms with Gasteiger partial charge in [0.2, 0.25) is 18.2 Å². The molecule has 3 N–H and O–H groups in total. The third-order valence-corrected chi connectivity index (χ3v) is 6.73. The van der Waals surface area contributed by atoms with E-state index in [-0.39, 0.29) is 18.8 Å². The Hall–Kier alpha value is -4.03. The first-order valence-electron chi connectivity index (χ1n) is 13.2. The van der Waals surface area contributed by atoms with E-state index in [0.29, 0.717) is 17.8 Å². The summed E-state index contributed by atoms with van der Waals surface area (Å²) < 4.78 is 5.26. The number of aromatic nitrogens is 2. The highest BCUT2D eigenvalue weighted by Gasteiger charge is 2.39. The Morgan fingerprint density at radius 3 is 2.41 bits per heavy atom. The maximum Gasteiger partial charge on any atom is 0.321 e. The van der Waals surface area contributed by atoms with Crippen LogP contribution in [0.5, 0.6) is 0 Å². The van der Waals surface area contributed by atoms with Gasteiger partial charge in [0.25, 0.3) is 0 Å². The largest absolute Gasteiger partial charge is 0.465 e. The van der Waals surface area contributed by atoms with Gasteiger partial charge >= 0.3 is 5.97 Å². The molecule has 0 aliphatic carbocycles. The van der Waals surface area contributed by atoms with Crippen molar-refractivity contribution < 1.29 is 28.8 Å². The highest BCUT2D eigenvalue weighted by atomic mass is 32.1. The topological polar surface area (TPSA) is 143 Å². The van der Waals surface area contributed by atoms with Crippen LogP contribution in [-0.2, 0) is 35.2 Å². The molecule has 0 bridgehead atoms. The van der Waals surface area contributed by atoms with Crippen molar-refractivity contribution in [2.75, 3.05) is 11.9 Å². The van der Waals surface area contributed by atoms with Crippen LogP contribution in [0.15, 0.2) is 53.4 Å². The number of H-pyrrole nitrogens is 1. The summed E-state index contributed by atoms with van der Waals surface area (Å²) in [6.07, 6.45) is 2.05. The molecule has 2 aromatic heterocycles. The number of esters is 1. The number of aromatic amines is 1. The fourth-order valence-electron chi connectivity index (χ4n) is 3.89. The summed E-state index contributed by atoms with van der Waals surface area (Å²) in [7, 11) is 0. The lowest BCUT2D eigenvalue weighted by atomic mass is 9.98. The van der Waals surface area contributed by atoms with Gasteiger partial charge in [-0.25, -0.2) is 10.0 Å². The van der Waals surface area contributed by atoms with E-state index in [0.717, 1.165) is 10.6 Å². The van der Waals surface area contributed by atoms with Gasteiger partial charge in [0, 0.05) is 6.42 Å². The number of ether oxygens (including phenoxy) is 1. The van der Waals surface area contributed by atoms with Gasteiger partial charge in [-0.1, -0.05) is 30.3 Å². The van der Waals surface area contributed by atoms with E-state index in [1.807, 2.05) is 35.0 Å². The standard InChI is InChI=1S/C29H37N5O6S/c1-7-39-26(37)23(20-11-9-8-10-12-20)24-30-16-22(32-24)33-25(36)21(15-19-13-14-41-17-19)31-27(38)29(5,6)34(18-35)40-28(2,3)4/h8-14,16-18,21,23H,7,15H2,1-6H3,(H,30,32)(H,31,38)(H,33,36)/t21-,23?/m1/s1. The number of hydroxylamine groups is 2. The number of hydrogen-bond donors (Lipinski definition) is 3. The second-order valence-corrected chi connectivity index (χ2v) is 11.6. The quantitative estimate of drug-likeness (QED) is 0.158. The smallest absolute Gasteiger partial charge is 0.321 e. The summed E-state index contributed by atoms with van der Waals surface area (Å²) in [4.78, 5) is 64.5. The molecule has 0 spiro atoms. The third kappa shape index (κ3) is 8.48. The molecule has 41 heavy (non-hydrogen) atoms. The van der Waals surface area contributed by atoms with Crippen molar-refractivity contribution >= 4 is 41.3 Å². The van der Waals surface area contributed by atoms with E-state index in [2.05, 4.69) is 20.6 Å². The Labute approximate surface area is 243 Å². The number of hydrogen-bond acceptors (Lipinski definition) is 8. The molecule has 3 amide bonds. The number of carbonyl (C=O) groups excluding carboxylic acids is 4. The molecule has 3 rings (SSSR count). The molecule has 0 aliphatic rings. The van der Waals surface area contributed by atoms with Crippen LogP contribution in [0.1, 0.15) is 64.4 Å². The van der Waals surface area contributed by atoms with Crippen LogP contribution in [0.25, 0.3) is 0 Å². The molecule has 0 radical (unpaired) electrons. The molecule has 12 heteroatoms. The Kier molecular flexibility index (Phi) is 10.4. The van der Waals surface area contributed by atoms with Gasteiger partial charge in [0.15, 0.2) is 0 Å². The summed E-state index contributed by atoms with van der Waals surface area (Å²) in [5.74, 6) is -1.86. The highest BCUT2D eigenvalue weighted by Crippen LogP contribution is 2.25. The fourth-order valence-corrected chi connectivity index (χ4v) is 4.58. The van der Waals surface area contributed by atoms with Gasteiger partial charge in [-0.05, 0) is 69.5 Å². The molecule has 220 valence electrons. The lowest BCUT2D eigenvalue weighted by Crippen LogP contribution is -2.59. The molecular formula is C29H37N5O6S. The number of anilines is 1. The first-order chi connectivity index (χ1) is 19.4. The normalized spacial score (nSPS) is 13.1. The van der Waals surface area contributed by atoms with Crippen molar-refractivity contribution in [1.82, 2.24) is 20.3 Å². The van der Waals surface area contributed by atoms with Crippen molar-refractivity contribution in [2.45, 2.75) is 71.1 Å². The van der Waals surface area contributed by atoms with Crippen LogP contribution >= 0.6 is 11.3 Å². The maximum atomic E-state index is 13.5. The first kappa shape index (κ1) is 31.5. The summed E-state index contributed by atoms with van der Waals surface area (Å²) in [6.45, 7) is 10.3. The van der Waals surface area contributed by atoms with E-state index < -0.39 is 40.9 Å². The number of rotatable bonds is 13. The highest BCUT2D eigenvalue weighted by molar-refractivity contribution is 7.07. The van der Waals surface area contributed by atoms with Crippen LogP contribution in [0, 0.1) is 0 Å². The van der Waals surface area contributed by atoms with Crippen molar-refractivity contribution in [3.63, 3.8) is 0 Å². The van der Waals surface area contributed by atoms with Gasteiger partial charge in [-0.15, -0.1) is 0 Å². The van der Waals surface area contributed by atoms with Gasteiger partial charge in [-0.3, -0.25) is 24.0 Å². The zero-order valence-electron chi connectivity index (χ0n) is 24.1. The second kappa shape index (κ2) is 13.6. The van der Waals surface area contributed by atoms with Gasteiger partial charge in [0.05, 0.1) is 18.4 Å². The van der Waals surface area contributed by atoms with Gasteiger partial charge in [0.1, 0.15) is 29.1 Å². The maximum absolute atomic E-state index is 13.5. The Balaban J connectivity index is 1.83. The molecule has 2 heterocycles. The second-order valence-electron chi connectivity index (χ2n) is 10.8. The van der Waals surface area contributed by atoms with Crippen molar-refractivity contribution in [3.8, 4) is 0 Å². The molecule has 0 fully saturated rings. The van der Waals surface area contributed by atoms with Crippen LogP contribution in [0.2, 0.25) is 0 Å². The fraction of sp³-hybridized carbons (Fsp3) is 0.414.